The minimum absolute atomic E-state index is 0.0915. The van der Waals surface area contributed by atoms with Gasteiger partial charge in [-0.2, -0.15) is 0 Å². The summed E-state index contributed by atoms with van der Waals surface area (Å²) >= 11 is 5.74. The van der Waals surface area contributed by atoms with Crippen LogP contribution in [0.15, 0.2) is 12.4 Å². The summed E-state index contributed by atoms with van der Waals surface area (Å²) in [6, 6.07) is -0.173. The number of hydrogen-bond donors (Lipinski definition) is 0. The highest BCUT2D eigenvalue weighted by Gasteiger charge is 2.18. The zero-order chi connectivity index (χ0) is 13.1. The van der Waals surface area contributed by atoms with Crippen LogP contribution in [0, 0.1) is 0 Å². The van der Waals surface area contributed by atoms with E-state index in [1.807, 2.05) is 6.92 Å². The van der Waals surface area contributed by atoms with Crippen LogP contribution in [0.3, 0.4) is 0 Å². The number of aromatic nitrogens is 2. The molecule has 1 aromatic rings. The van der Waals surface area contributed by atoms with Crippen molar-refractivity contribution < 1.29 is 8.42 Å². The lowest BCUT2D eigenvalue weighted by Crippen LogP contribution is -2.36. The number of anilines is 1. The molecule has 0 aliphatic rings. The zero-order valence-corrected chi connectivity index (χ0v) is 11.7. The smallest absolute Gasteiger partial charge is 0.152 e. The van der Waals surface area contributed by atoms with Gasteiger partial charge in [0.05, 0.1) is 18.1 Å². The van der Waals surface area contributed by atoms with Crippen LogP contribution in [0.2, 0.25) is 5.15 Å². The number of hydrogen-bond acceptors (Lipinski definition) is 5. The molecule has 0 N–H and O–H groups in total. The number of nitrogens with zero attached hydrogens (tertiary/aromatic N) is 3. The third kappa shape index (κ3) is 4.12. The SMILES string of the molecule is CCS(=O)(=O)C[C@@H](C)N(C)c1cncc(Cl)n1. The van der Waals surface area contributed by atoms with Crippen molar-refractivity contribution in [3.05, 3.63) is 17.5 Å². The average molecular weight is 278 g/mol. The Labute approximate surface area is 107 Å². The molecule has 1 rings (SSSR count). The second kappa shape index (κ2) is 5.64. The van der Waals surface area contributed by atoms with Crippen molar-refractivity contribution in [2.75, 3.05) is 23.5 Å². The van der Waals surface area contributed by atoms with Crippen molar-refractivity contribution in [2.24, 2.45) is 0 Å². The molecule has 1 aromatic heterocycles. The molecule has 0 unspecified atom stereocenters. The van der Waals surface area contributed by atoms with Crippen LogP contribution in [0.1, 0.15) is 13.8 Å². The first-order valence-corrected chi connectivity index (χ1v) is 7.46. The Morgan fingerprint density at radius 1 is 1.47 bits per heavy atom. The molecule has 0 spiro atoms. The molecule has 1 atom stereocenters. The molecule has 0 bridgehead atoms. The summed E-state index contributed by atoms with van der Waals surface area (Å²) in [7, 11) is -1.23. The van der Waals surface area contributed by atoms with Gasteiger partial charge >= 0.3 is 0 Å². The van der Waals surface area contributed by atoms with Gasteiger partial charge in [-0.3, -0.25) is 4.98 Å². The summed E-state index contributed by atoms with van der Waals surface area (Å²) < 4.78 is 23.0. The van der Waals surface area contributed by atoms with E-state index in [0.717, 1.165) is 0 Å². The highest BCUT2D eigenvalue weighted by molar-refractivity contribution is 7.91. The van der Waals surface area contributed by atoms with Gasteiger partial charge in [-0.25, -0.2) is 13.4 Å². The zero-order valence-electron chi connectivity index (χ0n) is 10.1. The molecule has 7 heteroatoms. The van der Waals surface area contributed by atoms with E-state index in [2.05, 4.69) is 9.97 Å². The fourth-order valence-corrected chi connectivity index (χ4v) is 2.66. The second-order valence-electron chi connectivity index (χ2n) is 3.86. The van der Waals surface area contributed by atoms with Crippen LogP contribution in [-0.4, -0.2) is 43.0 Å². The summed E-state index contributed by atoms with van der Waals surface area (Å²) in [6.07, 6.45) is 2.99. The first-order chi connectivity index (χ1) is 7.85. The summed E-state index contributed by atoms with van der Waals surface area (Å²) in [5.41, 5.74) is 0. The molecule has 0 saturated heterocycles. The van der Waals surface area contributed by atoms with Gasteiger partial charge in [0.2, 0.25) is 0 Å². The Morgan fingerprint density at radius 3 is 2.65 bits per heavy atom. The van der Waals surface area contributed by atoms with E-state index in [9.17, 15) is 8.42 Å². The van der Waals surface area contributed by atoms with Crippen molar-refractivity contribution in [1.82, 2.24) is 9.97 Å². The molecule has 0 amide bonds. The maximum Gasteiger partial charge on any atom is 0.152 e. The Hall–Kier alpha value is -0.880. The van der Waals surface area contributed by atoms with Gasteiger partial charge in [-0.1, -0.05) is 18.5 Å². The molecule has 17 heavy (non-hydrogen) atoms. The van der Waals surface area contributed by atoms with Gasteiger partial charge < -0.3 is 4.90 Å². The van der Waals surface area contributed by atoms with E-state index >= 15 is 0 Å². The van der Waals surface area contributed by atoms with Gasteiger partial charge in [0.1, 0.15) is 11.0 Å². The first kappa shape index (κ1) is 14.2. The standard InChI is InChI=1S/C10H16ClN3O2S/c1-4-17(15,16)7-8(2)14(3)10-6-12-5-9(11)13-10/h5-6,8H,4,7H2,1-3H3/t8-/m1/s1. The predicted molar refractivity (Wildman–Crippen MR) is 69.2 cm³/mol. The van der Waals surface area contributed by atoms with Crippen molar-refractivity contribution in [1.29, 1.82) is 0 Å². The van der Waals surface area contributed by atoms with Crippen molar-refractivity contribution >= 4 is 27.3 Å². The fourth-order valence-electron chi connectivity index (χ4n) is 1.33. The molecule has 1 heterocycles. The molecular formula is C10H16ClN3O2S. The Kier molecular flexibility index (Phi) is 4.70. The largest absolute Gasteiger partial charge is 0.355 e. The lowest BCUT2D eigenvalue weighted by atomic mass is 10.3. The summed E-state index contributed by atoms with van der Waals surface area (Å²) in [5, 5.41) is 0.292. The normalized spacial score (nSPS) is 13.4. The van der Waals surface area contributed by atoms with Crippen LogP contribution in [0.5, 0.6) is 0 Å². The number of halogens is 1. The molecule has 0 fully saturated rings. The van der Waals surface area contributed by atoms with E-state index in [0.29, 0.717) is 11.0 Å². The predicted octanol–water partition coefficient (Wildman–Crippen LogP) is 1.39. The van der Waals surface area contributed by atoms with Gasteiger partial charge in [0.15, 0.2) is 9.84 Å². The maximum atomic E-state index is 11.5. The molecular weight excluding hydrogens is 262 g/mol. The molecule has 0 radical (unpaired) electrons. The van der Waals surface area contributed by atoms with E-state index in [1.54, 1.807) is 25.1 Å². The minimum Gasteiger partial charge on any atom is -0.355 e. The van der Waals surface area contributed by atoms with Gasteiger partial charge in [-0.15, -0.1) is 0 Å². The number of sulfone groups is 1. The third-order valence-corrected chi connectivity index (χ3v) is 4.60. The minimum atomic E-state index is -3.00. The molecule has 0 aliphatic carbocycles. The van der Waals surface area contributed by atoms with Crippen molar-refractivity contribution in [3.63, 3.8) is 0 Å². The summed E-state index contributed by atoms with van der Waals surface area (Å²) in [5.74, 6) is 0.803. The lowest BCUT2D eigenvalue weighted by Gasteiger charge is -2.25. The lowest BCUT2D eigenvalue weighted by molar-refractivity contribution is 0.588. The molecule has 0 aliphatic heterocycles. The molecule has 96 valence electrons. The molecule has 0 saturated carbocycles. The van der Waals surface area contributed by atoms with Crippen molar-refractivity contribution in [2.45, 2.75) is 19.9 Å². The monoisotopic (exact) mass is 277 g/mol. The first-order valence-electron chi connectivity index (χ1n) is 5.26. The Balaban J connectivity index is 2.80. The highest BCUT2D eigenvalue weighted by Crippen LogP contribution is 2.14. The van der Waals surface area contributed by atoms with E-state index in [4.69, 9.17) is 11.6 Å². The molecule has 0 aromatic carbocycles. The quantitative estimate of drug-likeness (QED) is 0.814. The fraction of sp³-hybridized carbons (Fsp3) is 0.600. The third-order valence-electron chi connectivity index (χ3n) is 2.55. The summed E-state index contributed by atoms with van der Waals surface area (Å²) in [6.45, 7) is 3.47. The Morgan fingerprint density at radius 2 is 2.12 bits per heavy atom. The van der Waals surface area contributed by atoms with Crippen LogP contribution in [0.25, 0.3) is 0 Å². The highest BCUT2D eigenvalue weighted by atomic mass is 35.5. The van der Waals surface area contributed by atoms with Crippen LogP contribution in [-0.2, 0) is 9.84 Å². The van der Waals surface area contributed by atoms with Gasteiger partial charge in [0, 0.05) is 18.8 Å². The van der Waals surface area contributed by atoms with Gasteiger partial charge in [-0.05, 0) is 6.92 Å². The van der Waals surface area contributed by atoms with E-state index in [-0.39, 0.29) is 17.5 Å². The van der Waals surface area contributed by atoms with E-state index < -0.39 is 9.84 Å². The summed E-state index contributed by atoms with van der Waals surface area (Å²) in [4.78, 5) is 9.76. The Bertz CT molecular complexity index is 478. The average Bonchev–Trinajstić information content (AvgIpc) is 2.27. The van der Waals surface area contributed by atoms with Gasteiger partial charge in [0.25, 0.3) is 0 Å². The van der Waals surface area contributed by atoms with E-state index in [1.165, 1.54) is 6.20 Å². The maximum absolute atomic E-state index is 11.5. The van der Waals surface area contributed by atoms with Crippen LogP contribution in [0.4, 0.5) is 5.82 Å². The molecule has 5 nitrogen and oxygen atoms in total. The second-order valence-corrected chi connectivity index (χ2v) is 6.64. The van der Waals surface area contributed by atoms with Crippen molar-refractivity contribution in [3.8, 4) is 0 Å². The number of rotatable bonds is 5. The topological polar surface area (TPSA) is 63.2 Å². The van der Waals surface area contributed by atoms with Crippen LogP contribution < -0.4 is 4.90 Å². The van der Waals surface area contributed by atoms with Crippen LogP contribution >= 0.6 is 11.6 Å².